The summed E-state index contributed by atoms with van der Waals surface area (Å²) in [6.07, 6.45) is 0. The van der Waals surface area contributed by atoms with Gasteiger partial charge in [-0.15, -0.1) is 23.5 Å². The number of rotatable bonds is 8. The lowest BCUT2D eigenvalue weighted by atomic mass is 10.1. The largest absolute Gasteiger partial charge is 0.384 e. The summed E-state index contributed by atoms with van der Waals surface area (Å²) in [5, 5.41) is 7.49. The summed E-state index contributed by atoms with van der Waals surface area (Å²) in [7, 11) is 1.70. The Hall–Kier alpha value is -2.70. The second-order valence-electron chi connectivity index (χ2n) is 6.98. The van der Waals surface area contributed by atoms with Crippen molar-refractivity contribution in [2.45, 2.75) is 28.2 Å². The van der Waals surface area contributed by atoms with E-state index in [1.807, 2.05) is 48.2 Å². The Balaban J connectivity index is 1.61. The van der Waals surface area contributed by atoms with Gasteiger partial charge < -0.3 is 11.5 Å². The SMILES string of the molecule is CN=C(N)c1ccc(SCc2cc(C)cc(CSc3ccc(C(=N)N)cc3)c2)cc1. The van der Waals surface area contributed by atoms with Gasteiger partial charge in [-0.25, -0.2) is 0 Å². The number of nitrogens with zero attached hydrogens (tertiary/aromatic N) is 1. The fraction of sp³-hybridized carbons (Fsp3) is 0.167. The first-order valence-corrected chi connectivity index (χ1v) is 11.5. The van der Waals surface area contributed by atoms with Crippen LogP contribution in [-0.4, -0.2) is 18.7 Å². The van der Waals surface area contributed by atoms with E-state index in [9.17, 15) is 0 Å². The first-order valence-electron chi connectivity index (χ1n) is 9.57. The molecule has 5 N–H and O–H groups in total. The first-order chi connectivity index (χ1) is 14.4. The lowest BCUT2D eigenvalue weighted by Crippen LogP contribution is -2.12. The zero-order valence-electron chi connectivity index (χ0n) is 17.2. The van der Waals surface area contributed by atoms with Gasteiger partial charge in [0.1, 0.15) is 11.7 Å². The Morgan fingerprint density at radius 3 is 1.70 bits per heavy atom. The Kier molecular flexibility index (Phi) is 7.60. The molecule has 0 aliphatic carbocycles. The minimum Gasteiger partial charge on any atom is -0.384 e. The number of nitrogen functional groups attached to an aromatic ring is 1. The molecular formula is C24H26N4S2. The molecule has 0 heterocycles. The number of amidine groups is 2. The summed E-state index contributed by atoms with van der Waals surface area (Å²) in [6.45, 7) is 2.14. The van der Waals surface area contributed by atoms with Crippen LogP contribution in [0.5, 0.6) is 0 Å². The first kappa shape index (κ1) is 22.0. The van der Waals surface area contributed by atoms with Crippen molar-refractivity contribution in [2.24, 2.45) is 16.5 Å². The van der Waals surface area contributed by atoms with E-state index in [1.165, 1.54) is 26.5 Å². The van der Waals surface area contributed by atoms with E-state index in [0.29, 0.717) is 5.84 Å². The van der Waals surface area contributed by atoms with E-state index in [1.54, 1.807) is 18.8 Å². The summed E-state index contributed by atoms with van der Waals surface area (Å²) in [4.78, 5) is 6.41. The van der Waals surface area contributed by atoms with Crippen molar-refractivity contribution in [2.75, 3.05) is 7.05 Å². The summed E-state index contributed by atoms with van der Waals surface area (Å²) < 4.78 is 0. The van der Waals surface area contributed by atoms with Crippen LogP contribution < -0.4 is 11.5 Å². The molecule has 0 fully saturated rings. The quantitative estimate of drug-likeness (QED) is 0.258. The Morgan fingerprint density at radius 1 is 0.800 bits per heavy atom. The van der Waals surface area contributed by atoms with Crippen molar-refractivity contribution >= 4 is 35.2 Å². The fourth-order valence-electron chi connectivity index (χ4n) is 3.03. The van der Waals surface area contributed by atoms with Crippen molar-refractivity contribution < 1.29 is 0 Å². The van der Waals surface area contributed by atoms with E-state index in [-0.39, 0.29) is 5.84 Å². The number of benzene rings is 3. The predicted molar refractivity (Wildman–Crippen MR) is 131 cm³/mol. The van der Waals surface area contributed by atoms with Gasteiger partial charge in [0.25, 0.3) is 0 Å². The minimum absolute atomic E-state index is 0.101. The topological polar surface area (TPSA) is 88.2 Å². The molecule has 0 aliphatic rings. The molecule has 0 aromatic heterocycles. The zero-order valence-corrected chi connectivity index (χ0v) is 18.8. The van der Waals surface area contributed by atoms with Gasteiger partial charge >= 0.3 is 0 Å². The van der Waals surface area contributed by atoms with Gasteiger partial charge in [-0.2, -0.15) is 0 Å². The lowest BCUT2D eigenvalue weighted by Gasteiger charge is -2.09. The van der Waals surface area contributed by atoms with Crippen LogP contribution in [0.4, 0.5) is 0 Å². The van der Waals surface area contributed by atoms with E-state index >= 15 is 0 Å². The molecule has 0 amide bonds. The average molecular weight is 435 g/mol. The number of hydrogen-bond donors (Lipinski definition) is 3. The molecule has 154 valence electrons. The molecule has 0 unspecified atom stereocenters. The van der Waals surface area contributed by atoms with E-state index in [2.05, 4.69) is 42.2 Å². The van der Waals surface area contributed by atoms with Gasteiger partial charge in [-0.1, -0.05) is 48.0 Å². The van der Waals surface area contributed by atoms with Crippen molar-refractivity contribution in [3.63, 3.8) is 0 Å². The summed E-state index contributed by atoms with van der Waals surface area (Å²) in [5.74, 6) is 2.49. The van der Waals surface area contributed by atoms with Crippen molar-refractivity contribution in [1.29, 1.82) is 5.41 Å². The number of aryl methyl sites for hydroxylation is 1. The van der Waals surface area contributed by atoms with Crippen LogP contribution in [-0.2, 0) is 11.5 Å². The maximum absolute atomic E-state index is 7.49. The van der Waals surface area contributed by atoms with Crippen LogP contribution in [0.1, 0.15) is 27.8 Å². The molecule has 0 aliphatic heterocycles. The number of thioether (sulfide) groups is 2. The third-order valence-electron chi connectivity index (χ3n) is 4.56. The van der Waals surface area contributed by atoms with Crippen LogP contribution in [0, 0.1) is 12.3 Å². The molecule has 0 atom stereocenters. The normalized spacial score (nSPS) is 11.5. The molecule has 4 nitrogen and oxygen atoms in total. The highest BCUT2D eigenvalue weighted by molar-refractivity contribution is 7.98. The molecule has 30 heavy (non-hydrogen) atoms. The third kappa shape index (κ3) is 6.15. The maximum atomic E-state index is 7.49. The number of aliphatic imine (C=N–C) groups is 1. The Morgan fingerprint density at radius 2 is 1.27 bits per heavy atom. The smallest absolute Gasteiger partial charge is 0.125 e. The highest BCUT2D eigenvalue weighted by Gasteiger charge is 2.04. The summed E-state index contributed by atoms with van der Waals surface area (Å²) in [5.41, 5.74) is 17.0. The lowest BCUT2D eigenvalue weighted by molar-refractivity contribution is 1.27. The molecular weight excluding hydrogens is 408 g/mol. The molecule has 0 spiro atoms. The molecule has 3 rings (SSSR count). The van der Waals surface area contributed by atoms with Crippen molar-refractivity contribution in [3.05, 3.63) is 94.5 Å². The molecule has 3 aromatic rings. The van der Waals surface area contributed by atoms with Gasteiger partial charge in [-0.05, 0) is 42.3 Å². The second kappa shape index (κ2) is 10.4. The van der Waals surface area contributed by atoms with Gasteiger partial charge in [0.05, 0.1) is 0 Å². The van der Waals surface area contributed by atoms with Crippen LogP contribution >= 0.6 is 23.5 Å². The average Bonchev–Trinajstić information content (AvgIpc) is 2.76. The van der Waals surface area contributed by atoms with Crippen LogP contribution in [0.3, 0.4) is 0 Å². The number of nitrogens with two attached hydrogens (primary N) is 2. The van der Waals surface area contributed by atoms with Crippen LogP contribution in [0.2, 0.25) is 0 Å². The molecule has 3 aromatic carbocycles. The van der Waals surface area contributed by atoms with E-state index in [4.69, 9.17) is 16.9 Å². The van der Waals surface area contributed by atoms with Gasteiger partial charge in [0.15, 0.2) is 0 Å². The molecule has 0 saturated carbocycles. The van der Waals surface area contributed by atoms with Crippen LogP contribution in [0.15, 0.2) is 81.5 Å². The molecule has 6 heteroatoms. The monoisotopic (exact) mass is 434 g/mol. The third-order valence-corrected chi connectivity index (χ3v) is 6.73. The minimum atomic E-state index is 0.101. The van der Waals surface area contributed by atoms with E-state index in [0.717, 1.165) is 22.6 Å². The van der Waals surface area contributed by atoms with Crippen molar-refractivity contribution in [3.8, 4) is 0 Å². The number of nitrogens with one attached hydrogen (secondary N) is 1. The fourth-order valence-corrected chi connectivity index (χ4v) is 4.69. The summed E-state index contributed by atoms with van der Waals surface area (Å²) >= 11 is 3.61. The Bertz CT molecular complexity index is 1040. The molecule has 0 radical (unpaired) electrons. The molecule has 0 bridgehead atoms. The van der Waals surface area contributed by atoms with Gasteiger partial charge in [0, 0.05) is 39.5 Å². The highest BCUT2D eigenvalue weighted by Crippen LogP contribution is 2.27. The zero-order chi connectivity index (χ0) is 21.5. The molecule has 0 saturated heterocycles. The number of hydrogen-bond acceptors (Lipinski definition) is 4. The van der Waals surface area contributed by atoms with Gasteiger partial charge in [0.2, 0.25) is 0 Å². The van der Waals surface area contributed by atoms with E-state index < -0.39 is 0 Å². The predicted octanol–water partition coefficient (Wildman–Crippen LogP) is 5.20. The maximum Gasteiger partial charge on any atom is 0.125 e. The Labute approximate surface area is 186 Å². The second-order valence-corrected chi connectivity index (χ2v) is 9.07. The standard InChI is InChI=1S/C24H26N4S2/c1-16-11-17(14-29-21-7-3-19(4-8-21)23(25)26)13-18(12-16)15-30-22-9-5-20(6-10-22)24(27)28-2/h3-13H,14-15H2,1-2H3,(H3,25,26)(H2,27,28). The van der Waals surface area contributed by atoms with Crippen LogP contribution in [0.25, 0.3) is 0 Å². The summed E-state index contributed by atoms with van der Waals surface area (Å²) in [6, 6.07) is 22.8. The highest BCUT2D eigenvalue weighted by atomic mass is 32.2. The van der Waals surface area contributed by atoms with Gasteiger partial charge in [-0.3, -0.25) is 10.4 Å². The van der Waals surface area contributed by atoms with Crippen molar-refractivity contribution in [1.82, 2.24) is 0 Å².